The van der Waals surface area contributed by atoms with Crippen LogP contribution in [0.1, 0.15) is 23.0 Å². The fourth-order valence-corrected chi connectivity index (χ4v) is 4.72. The van der Waals surface area contributed by atoms with Crippen LogP contribution >= 0.6 is 11.3 Å². The predicted molar refractivity (Wildman–Crippen MR) is 116 cm³/mol. The molecule has 1 saturated heterocycles. The number of amides is 2. The summed E-state index contributed by atoms with van der Waals surface area (Å²) in [5.74, 6) is 1.61. The lowest BCUT2D eigenvalue weighted by molar-refractivity contribution is -0.122. The Morgan fingerprint density at radius 2 is 1.87 bits per heavy atom. The Balaban J connectivity index is 1.40. The van der Waals surface area contributed by atoms with Gasteiger partial charge in [-0.3, -0.25) is 14.5 Å². The summed E-state index contributed by atoms with van der Waals surface area (Å²) in [6.07, 6.45) is 0.867. The Morgan fingerprint density at radius 1 is 1.03 bits per heavy atom. The maximum absolute atomic E-state index is 13.1. The van der Waals surface area contributed by atoms with Gasteiger partial charge in [0.2, 0.25) is 5.91 Å². The second-order valence-corrected chi connectivity index (χ2v) is 8.48. The second kappa shape index (κ2) is 9.49. The van der Waals surface area contributed by atoms with E-state index in [-0.39, 0.29) is 11.8 Å². The van der Waals surface area contributed by atoms with Gasteiger partial charge in [0, 0.05) is 37.6 Å². The van der Waals surface area contributed by atoms with E-state index in [1.165, 1.54) is 11.3 Å². The quantitative estimate of drug-likeness (QED) is 0.791. The summed E-state index contributed by atoms with van der Waals surface area (Å²) in [5, 5.41) is 2.83. The maximum Gasteiger partial charge on any atom is 0.263 e. The van der Waals surface area contributed by atoms with Gasteiger partial charge in [0.25, 0.3) is 5.91 Å². The van der Waals surface area contributed by atoms with Gasteiger partial charge >= 0.3 is 0 Å². The molecule has 1 fully saturated rings. The van der Waals surface area contributed by atoms with Crippen molar-refractivity contribution in [3.05, 3.63) is 35.2 Å². The monoisotopic (exact) mass is 429 g/mol. The topological polar surface area (TPSA) is 71.1 Å². The molecule has 0 spiro atoms. The molecule has 7 nitrogen and oxygen atoms in total. The summed E-state index contributed by atoms with van der Waals surface area (Å²) in [6.45, 7) is 6.96. The Kier molecular flexibility index (Phi) is 6.54. The highest BCUT2D eigenvalue weighted by Crippen LogP contribution is 2.37. The number of carbonyl (C=O) groups excluding carboxylic acids is 2. The van der Waals surface area contributed by atoms with Crippen LogP contribution in [-0.2, 0) is 4.79 Å². The van der Waals surface area contributed by atoms with Crippen LogP contribution in [0.4, 0.5) is 0 Å². The Bertz CT molecular complexity index is 914. The minimum Gasteiger partial charge on any atom is -0.486 e. The Morgan fingerprint density at radius 3 is 2.70 bits per heavy atom. The fraction of sp³-hybridized carbons (Fsp3) is 0.455. The number of benzene rings is 1. The van der Waals surface area contributed by atoms with E-state index in [1.807, 2.05) is 42.2 Å². The van der Waals surface area contributed by atoms with Gasteiger partial charge in [0.05, 0.1) is 11.4 Å². The van der Waals surface area contributed by atoms with Crippen molar-refractivity contribution < 1.29 is 19.1 Å². The summed E-state index contributed by atoms with van der Waals surface area (Å²) >= 11 is 1.50. The SMILES string of the molecule is CCNC(=O)CN1CCCN(C(=O)c2ccc(-c3ccc4c(c3)OCCO4)s2)CC1. The molecule has 0 saturated carbocycles. The third kappa shape index (κ3) is 4.76. The molecule has 0 bridgehead atoms. The van der Waals surface area contributed by atoms with E-state index in [2.05, 4.69) is 10.2 Å². The molecule has 1 aromatic heterocycles. The number of likely N-dealkylation sites (N-methyl/N-ethyl adjacent to an activating group) is 1. The van der Waals surface area contributed by atoms with Crippen LogP contribution in [0, 0.1) is 0 Å². The van der Waals surface area contributed by atoms with Crippen molar-refractivity contribution in [3.63, 3.8) is 0 Å². The van der Waals surface area contributed by atoms with Gasteiger partial charge in [-0.25, -0.2) is 0 Å². The highest BCUT2D eigenvalue weighted by atomic mass is 32.1. The van der Waals surface area contributed by atoms with E-state index in [9.17, 15) is 9.59 Å². The van der Waals surface area contributed by atoms with E-state index < -0.39 is 0 Å². The van der Waals surface area contributed by atoms with Crippen molar-refractivity contribution in [1.82, 2.24) is 15.1 Å². The normalized spacial score (nSPS) is 16.8. The number of hydrogen-bond donors (Lipinski definition) is 1. The van der Waals surface area contributed by atoms with Gasteiger partial charge in [-0.05, 0) is 49.2 Å². The summed E-state index contributed by atoms with van der Waals surface area (Å²) < 4.78 is 11.3. The van der Waals surface area contributed by atoms with Crippen LogP contribution in [0.3, 0.4) is 0 Å². The van der Waals surface area contributed by atoms with E-state index in [0.29, 0.717) is 45.9 Å². The third-order valence-corrected chi connectivity index (χ3v) is 6.38. The largest absolute Gasteiger partial charge is 0.486 e. The summed E-state index contributed by atoms with van der Waals surface area (Å²) in [6, 6.07) is 9.78. The third-order valence-electron chi connectivity index (χ3n) is 5.26. The first-order valence-corrected chi connectivity index (χ1v) is 11.2. The molecule has 2 amide bonds. The van der Waals surface area contributed by atoms with Crippen LogP contribution in [0.2, 0.25) is 0 Å². The van der Waals surface area contributed by atoms with E-state index in [0.717, 1.165) is 39.8 Å². The molecule has 0 radical (unpaired) electrons. The van der Waals surface area contributed by atoms with Crippen molar-refractivity contribution in [2.24, 2.45) is 0 Å². The molecular formula is C22H27N3O4S. The predicted octanol–water partition coefficient (Wildman–Crippen LogP) is 2.47. The first-order chi connectivity index (χ1) is 14.6. The van der Waals surface area contributed by atoms with Gasteiger partial charge in [-0.2, -0.15) is 0 Å². The highest BCUT2D eigenvalue weighted by Gasteiger charge is 2.23. The molecule has 3 heterocycles. The van der Waals surface area contributed by atoms with E-state index >= 15 is 0 Å². The first kappa shape index (κ1) is 20.7. The number of nitrogens with zero attached hydrogens (tertiary/aromatic N) is 2. The molecule has 1 N–H and O–H groups in total. The average Bonchev–Trinajstić information content (AvgIpc) is 3.14. The zero-order valence-electron chi connectivity index (χ0n) is 17.2. The lowest BCUT2D eigenvalue weighted by Gasteiger charge is -2.21. The number of fused-ring (bicyclic) bond motifs is 1. The molecule has 0 aliphatic carbocycles. The molecule has 30 heavy (non-hydrogen) atoms. The minimum absolute atomic E-state index is 0.0413. The molecule has 1 aromatic carbocycles. The molecular weight excluding hydrogens is 402 g/mol. The molecule has 4 rings (SSSR count). The number of carbonyl (C=O) groups is 2. The fourth-order valence-electron chi connectivity index (χ4n) is 3.75. The molecule has 160 valence electrons. The molecule has 2 aromatic rings. The zero-order chi connectivity index (χ0) is 20.9. The standard InChI is InChI=1S/C22H27N3O4S/c1-2-23-21(26)15-24-8-3-9-25(11-10-24)22(27)20-7-6-19(30-20)16-4-5-17-18(14-16)29-13-12-28-17/h4-7,14H,2-3,8-13,15H2,1H3,(H,23,26). The van der Waals surface area contributed by atoms with Gasteiger partial charge in [-0.15, -0.1) is 11.3 Å². The number of thiophene rings is 1. The van der Waals surface area contributed by atoms with Crippen LogP contribution in [0.15, 0.2) is 30.3 Å². The van der Waals surface area contributed by atoms with Crippen LogP contribution in [-0.4, -0.2) is 74.1 Å². The molecule has 0 atom stereocenters. The maximum atomic E-state index is 13.1. The molecule has 0 unspecified atom stereocenters. The van der Waals surface area contributed by atoms with Crippen molar-refractivity contribution in [2.45, 2.75) is 13.3 Å². The number of rotatable bonds is 5. The minimum atomic E-state index is 0.0413. The number of hydrogen-bond acceptors (Lipinski definition) is 6. The number of nitrogens with one attached hydrogen (secondary N) is 1. The highest BCUT2D eigenvalue weighted by molar-refractivity contribution is 7.17. The molecule has 2 aliphatic rings. The van der Waals surface area contributed by atoms with Gasteiger partial charge in [0.1, 0.15) is 13.2 Å². The van der Waals surface area contributed by atoms with Crippen molar-refractivity contribution in [2.75, 3.05) is 52.5 Å². The Labute approximate surface area is 180 Å². The van der Waals surface area contributed by atoms with Crippen molar-refractivity contribution in [3.8, 4) is 21.9 Å². The molecule has 8 heteroatoms. The van der Waals surface area contributed by atoms with Gasteiger partial charge in [0.15, 0.2) is 11.5 Å². The van der Waals surface area contributed by atoms with Gasteiger partial charge in [-0.1, -0.05) is 0 Å². The summed E-state index contributed by atoms with van der Waals surface area (Å²) in [4.78, 5) is 30.7. The summed E-state index contributed by atoms with van der Waals surface area (Å²) in [7, 11) is 0. The average molecular weight is 430 g/mol. The zero-order valence-corrected chi connectivity index (χ0v) is 18.0. The van der Waals surface area contributed by atoms with Crippen LogP contribution in [0.25, 0.3) is 10.4 Å². The smallest absolute Gasteiger partial charge is 0.263 e. The number of ether oxygens (including phenoxy) is 2. The van der Waals surface area contributed by atoms with Crippen LogP contribution in [0.5, 0.6) is 11.5 Å². The van der Waals surface area contributed by atoms with E-state index in [4.69, 9.17) is 9.47 Å². The molecule has 2 aliphatic heterocycles. The van der Waals surface area contributed by atoms with E-state index in [1.54, 1.807) is 0 Å². The lowest BCUT2D eigenvalue weighted by atomic mass is 10.1. The van der Waals surface area contributed by atoms with Crippen LogP contribution < -0.4 is 14.8 Å². The van der Waals surface area contributed by atoms with Gasteiger partial charge < -0.3 is 19.7 Å². The van der Waals surface area contributed by atoms with Crippen molar-refractivity contribution >= 4 is 23.2 Å². The lowest BCUT2D eigenvalue weighted by Crippen LogP contribution is -2.39. The van der Waals surface area contributed by atoms with Crippen molar-refractivity contribution in [1.29, 1.82) is 0 Å². The second-order valence-electron chi connectivity index (χ2n) is 7.40. The summed E-state index contributed by atoms with van der Waals surface area (Å²) in [5.41, 5.74) is 1.02. The Hall–Kier alpha value is -2.58. The first-order valence-electron chi connectivity index (χ1n) is 10.4.